The number of nitrogens with zero attached hydrogens (tertiary/aromatic N) is 2. The van der Waals surface area contributed by atoms with E-state index in [1.807, 2.05) is 0 Å². The lowest BCUT2D eigenvalue weighted by Gasteiger charge is -2.31. The number of hydrogen-bond acceptors (Lipinski definition) is 4. The molecule has 1 saturated heterocycles. The Labute approximate surface area is 107 Å². The Hall–Kier alpha value is -1.43. The fourth-order valence-corrected chi connectivity index (χ4v) is 2.10. The fraction of sp³-hybridized carbons (Fsp3) is 0.750. The molecule has 1 unspecified atom stereocenters. The van der Waals surface area contributed by atoms with Gasteiger partial charge in [0.25, 0.3) is 0 Å². The van der Waals surface area contributed by atoms with E-state index in [9.17, 15) is 14.4 Å². The topological polar surface area (TPSA) is 83.7 Å². The van der Waals surface area contributed by atoms with Crippen molar-refractivity contribution in [2.75, 3.05) is 26.2 Å². The molecule has 1 atom stereocenters. The lowest BCUT2D eigenvalue weighted by molar-refractivity contribution is -0.154. The number of hydrogen-bond donors (Lipinski definition) is 1. The van der Waals surface area contributed by atoms with Crippen molar-refractivity contribution < 1.29 is 14.4 Å². The fourth-order valence-electron chi connectivity index (χ4n) is 2.10. The van der Waals surface area contributed by atoms with Crippen LogP contribution in [0.5, 0.6) is 0 Å². The summed E-state index contributed by atoms with van der Waals surface area (Å²) < 4.78 is 0. The number of carbonyl (C=O) groups is 3. The average Bonchev–Trinajstić information content (AvgIpc) is 2.38. The summed E-state index contributed by atoms with van der Waals surface area (Å²) in [7, 11) is 0. The second kappa shape index (κ2) is 7.10. The standard InChI is InChI=1S/C12H21N3O3/c1-10-4-2-6-14(8-10)11(17)12(18)15(9-16)7-3-5-13/h9-10H,2-8,13H2,1H3. The first-order valence-corrected chi connectivity index (χ1v) is 6.35. The van der Waals surface area contributed by atoms with Crippen molar-refractivity contribution >= 4 is 18.2 Å². The molecule has 18 heavy (non-hydrogen) atoms. The van der Waals surface area contributed by atoms with Crippen molar-refractivity contribution in [2.24, 2.45) is 11.7 Å². The van der Waals surface area contributed by atoms with Gasteiger partial charge in [-0.1, -0.05) is 6.92 Å². The molecule has 1 rings (SSSR count). The number of carbonyl (C=O) groups excluding carboxylic acids is 3. The molecule has 102 valence electrons. The summed E-state index contributed by atoms with van der Waals surface area (Å²) in [5, 5.41) is 0. The first-order valence-electron chi connectivity index (χ1n) is 6.35. The van der Waals surface area contributed by atoms with Crippen molar-refractivity contribution in [2.45, 2.75) is 26.2 Å². The van der Waals surface area contributed by atoms with Gasteiger partial charge < -0.3 is 10.6 Å². The van der Waals surface area contributed by atoms with Crippen LogP contribution in [0.25, 0.3) is 0 Å². The van der Waals surface area contributed by atoms with E-state index in [-0.39, 0.29) is 6.54 Å². The molecule has 1 aliphatic heterocycles. The molecule has 1 aliphatic rings. The minimum absolute atomic E-state index is 0.202. The van der Waals surface area contributed by atoms with Crippen molar-refractivity contribution in [1.82, 2.24) is 9.80 Å². The second-order valence-electron chi connectivity index (χ2n) is 4.74. The predicted molar refractivity (Wildman–Crippen MR) is 66.4 cm³/mol. The van der Waals surface area contributed by atoms with Gasteiger partial charge in [-0.2, -0.15) is 0 Å². The van der Waals surface area contributed by atoms with Gasteiger partial charge in [-0.3, -0.25) is 19.3 Å². The average molecular weight is 255 g/mol. The lowest BCUT2D eigenvalue weighted by Crippen LogP contribution is -2.48. The molecule has 1 fully saturated rings. The van der Waals surface area contributed by atoms with Crippen LogP contribution in [0.2, 0.25) is 0 Å². The van der Waals surface area contributed by atoms with Gasteiger partial charge >= 0.3 is 11.8 Å². The van der Waals surface area contributed by atoms with Gasteiger partial charge in [0, 0.05) is 19.6 Å². The molecular weight excluding hydrogens is 234 g/mol. The van der Waals surface area contributed by atoms with E-state index in [0.29, 0.717) is 38.4 Å². The zero-order valence-electron chi connectivity index (χ0n) is 10.8. The first kappa shape index (κ1) is 14.6. The number of likely N-dealkylation sites (tertiary alicyclic amines) is 1. The van der Waals surface area contributed by atoms with Crippen LogP contribution < -0.4 is 5.73 Å². The summed E-state index contributed by atoms with van der Waals surface area (Å²) in [6.07, 6.45) is 2.89. The van der Waals surface area contributed by atoms with E-state index in [2.05, 4.69) is 6.92 Å². The highest BCUT2D eigenvalue weighted by molar-refractivity contribution is 6.36. The third kappa shape index (κ3) is 3.80. The predicted octanol–water partition coefficient (Wildman–Crippen LogP) is -0.421. The highest BCUT2D eigenvalue weighted by atomic mass is 16.2. The summed E-state index contributed by atoms with van der Waals surface area (Å²) in [5.74, 6) is -0.914. The Bertz CT molecular complexity index is 320. The number of piperidine rings is 1. The monoisotopic (exact) mass is 255 g/mol. The van der Waals surface area contributed by atoms with Crippen molar-refractivity contribution in [3.63, 3.8) is 0 Å². The Balaban J connectivity index is 2.58. The molecule has 6 heteroatoms. The summed E-state index contributed by atoms with van der Waals surface area (Å²) in [5.41, 5.74) is 5.32. The van der Waals surface area contributed by atoms with Gasteiger partial charge in [-0.05, 0) is 31.7 Å². The van der Waals surface area contributed by atoms with Gasteiger partial charge in [0.1, 0.15) is 0 Å². The Morgan fingerprint density at radius 1 is 1.50 bits per heavy atom. The second-order valence-corrected chi connectivity index (χ2v) is 4.74. The first-order chi connectivity index (χ1) is 8.60. The number of amides is 3. The van der Waals surface area contributed by atoms with Gasteiger partial charge in [-0.15, -0.1) is 0 Å². The van der Waals surface area contributed by atoms with E-state index >= 15 is 0 Å². The molecule has 0 bridgehead atoms. The van der Waals surface area contributed by atoms with E-state index in [0.717, 1.165) is 17.7 Å². The molecule has 0 radical (unpaired) electrons. The van der Waals surface area contributed by atoms with Crippen LogP contribution in [0.15, 0.2) is 0 Å². The van der Waals surface area contributed by atoms with Gasteiger partial charge in [0.2, 0.25) is 6.41 Å². The molecule has 1 heterocycles. The van der Waals surface area contributed by atoms with Gasteiger partial charge in [-0.25, -0.2) is 0 Å². The maximum absolute atomic E-state index is 12.0. The highest BCUT2D eigenvalue weighted by Gasteiger charge is 2.29. The quantitative estimate of drug-likeness (QED) is 0.546. The van der Waals surface area contributed by atoms with E-state index in [1.165, 1.54) is 4.90 Å². The number of rotatable bonds is 4. The maximum Gasteiger partial charge on any atom is 0.318 e. The van der Waals surface area contributed by atoms with Crippen molar-refractivity contribution in [1.29, 1.82) is 0 Å². The summed E-state index contributed by atoms with van der Waals surface area (Å²) in [6, 6.07) is 0. The van der Waals surface area contributed by atoms with Crippen LogP contribution in [-0.4, -0.2) is 54.2 Å². The summed E-state index contributed by atoms with van der Waals surface area (Å²) >= 11 is 0. The van der Waals surface area contributed by atoms with Crippen LogP contribution in [0.1, 0.15) is 26.2 Å². The SMILES string of the molecule is CC1CCCN(C(=O)C(=O)N(C=O)CCCN)C1. The number of nitrogens with two attached hydrogens (primary N) is 1. The third-order valence-corrected chi connectivity index (χ3v) is 3.12. The molecule has 0 saturated carbocycles. The molecule has 3 amide bonds. The zero-order valence-corrected chi connectivity index (χ0v) is 10.8. The van der Waals surface area contributed by atoms with Crippen molar-refractivity contribution in [3.8, 4) is 0 Å². The third-order valence-electron chi connectivity index (χ3n) is 3.12. The maximum atomic E-state index is 12.0. The Morgan fingerprint density at radius 2 is 2.22 bits per heavy atom. The molecule has 0 aromatic carbocycles. The van der Waals surface area contributed by atoms with Crippen LogP contribution in [0.4, 0.5) is 0 Å². The molecule has 0 aromatic heterocycles. The largest absolute Gasteiger partial charge is 0.334 e. The van der Waals surface area contributed by atoms with Crippen LogP contribution in [-0.2, 0) is 14.4 Å². The molecule has 0 aliphatic carbocycles. The molecule has 0 spiro atoms. The summed E-state index contributed by atoms with van der Waals surface area (Å²) in [6.45, 7) is 3.82. The van der Waals surface area contributed by atoms with Crippen molar-refractivity contribution in [3.05, 3.63) is 0 Å². The van der Waals surface area contributed by atoms with Crippen LogP contribution in [0.3, 0.4) is 0 Å². The zero-order chi connectivity index (χ0) is 13.5. The highest BCUT2D eigenvalue weighted by Crippen LogP contribution is 2.15. The molecule has 0 aromatic rings. The van der Waals surface area contributed by atoms with Crippen LogP contribution >= 0.6 is 0 Å². The lowest BCUT2D eigenvalue weighted by atomic mass is 10.0. The normalized spacial score (nSPS) is 19.4. The Morgan fingerprint density at radius 3 is 2.78 bits per heavy atom. The Kier molecular flexibility index (Phi) is 5.77. The summed E-state index contributed by atoms with van der Waals surface area (Å²) in [4.78, 5) is 37.0. The smallest absolute Gasteiger partial charge is 0.318 e. The molecule has 2 N–H and O–H groups in total. The van der Waals surface area contributed by atoms with Gasteiger partial charge in [0.15, 0.2) is 0 Å². The van der Waals surface area contributed by atoms with Gasteiger partial charge in [0.05, 0.1) is 0 Å². The molecular formula is C12H21N3O3. The minimum atomic E-state index is -0.743. The number of imide groups is 1. The minimum Gasteiger partial charge on any atom is -0.334 e. The van der Waals surface area contributed by atoms with E-state index in [4.69, 9.17) is 5.73 Å². The van der Waals surface area contributed by atoms with Crippen LogP contribution in [0, 0.1) is 5.92 Å². The van der Waals surface area contributed by atoms with E-state index in [1.54, 1.807) is 0 Å². The molecule has 6 nitrogen and oxygen atoms in total. The van der Waals surface area contributed by atoms with E-state index < -0.39 is 11.8 Å².